The lowest BCUT2D eigenvalue weighted by molar-refractivity contribution is -0.274. The molecule has 1 aromatic rings. The molecule has 1 aliphatic carbocycles. The highest BCUT2D eigenvalue weighted by atomic mass is 19.4. The Morgan fingerprint density at radius 2 is 2.14 bits per heavy atom. The van der Waals surface area contributed by atoms with Gasteiger partial charge in [0.2, 0.25) is 0 Å². The van der Waals surface area contributed by atoms with Gasteiger partial charge in [-0.25, -0.2) is 4.79 Å². The molecule has 1 fully saturated rings. The van der Waals surface area contributed by atoms with Crippen molar-refractivity contribution in [2.24, 2.45) is 0 Å². The van der Waals surface area contributed by atoms with E-state index in [1.54, 1.807) is 13.0 Å². The lowest BCUT2D eigenvalue weighted by Crippen LogP contribution is -2.31. The van der Waals surface area contributed by atoms with Crippen molar-refractivity contribution in [3.8, 4) is 5.75 Å². The van der Waals surface area contributed by atoms with E-state index in [2.05, 4.69) is 10.1 Å². The Hall–Kier alpha value is -1.76. The van der Waals surface area contributed by atoms with Crippen LogP contribution in [0.5, 0.6) is 5.75 Å². The Labute approximate surface area is 120 Å². The summed E-state index contributed by atoms with van der Waals surface area (Å²) in [5, 5.41) is 3.07. The van der Waals surface area contributed by atoms with E-state index in [1.165, 1.54) is 18.2 Å². The second-order valence-electron chi connectivity index (χ2n) is 4.75. The van der Waals surface area contributed by atoms with Crippen molar-refractivity contribution < 1.29 is 27.4 Å². The lowest BCUT2D eigenvalue weighted by Gasteiger charge is -2.18. The van der Waals surface area contributed by atoms with E-state index in [1.807, 2.05) is 0 Å². The number of carbonyl (C=O) groups excluding carboxylic acids is 1. The number of rotatable bonds is 6. The summed E-state index contributed by atoms with van der Waals surface area (Å²) in [5.74, 6) is -0.861. The third-order valence-electron chi connectivity index (χ3n) is 2.93. The minimum Gasteiger partial charge on any atom is -0.465 e. The molecule has 2 rings (SSSR count). The topological polar surface area (TPSA) is 47.6 Å². The highest BCUT2D eigenvalue weighted by Crippen LogP contribution is 2.29. The van der Waals surface area contributed by atoms with Crippen LogP contribution in [0.3, 0.4) is 0 Å². The average Bonchev–Trinajstić information content (AvgIpc) is 3.18. The molecular formula is C14H16F3NO3. The van der Waals surface area contributed by atoms with Crippen LogP contribution in [-0.4, -0.2) is 25.0 Å². The van der Waals surface area contributed by atoms with Gasteiger partial charge in [-0.2, -0.15) is 0 Å². The van der Waals surface area contributed by atoms with Gasteiger partial charge in [0, 0.05) is 6.04 Å². The van der Waals surface area contributed by atoms with Crippen LogP contribution < -0.4 is 10.1 Å². The number of halogens is 3. The maximum atomic E-state index is 12.2. The SMILES string of the molecule is CCOC(=O)C(NC1CC1)c1cccc(OC(F)(F)F)c1. The van der Waals surface area contributed by atoms with E-state index in [4.69, 9.17) is 4.74 Å². The Kier molecular flexibility index (Phi) is 4.72. The number of benzene rings is 1. The number of esters is 1. The normalized spacial score (nSPS) is 16.4. The highest BCUT2D eigenvalue weighted by Gasteiger charge is 2.33. The van der Waals surface area contributed by atoms with Crippen LogP contribution in [0.25, 0.3) is 0 Å². The monoisotopic (exact) mass is 303 g/mol. The van der Waals surface area contributed by atoms with Crippen molar-refractivity contribution in [1.29, 1.82) is 0 Å². The molecule has 1 aromatic carbocycles. The number of ether oxygens (including phenoxy) is 2. The Morgan fingerprint density at radius 3 is 2.71 bits per heavy atom. The van der Waals surface area contributed by atoms with E-state index in [0.717, 1.165) is 12.8 Å². The fourth-order valence-electron chi connectivity index (χ4n) is 1.90. The molecular weight excluding hydrogens is 287 g/mol. The van der Waals surface area contributed by atoms with Gasteiger partial charge in [0.1, 0.15) is 11.8 Å². The zero-order valence-corrected chi connectivity index (χ0v) is 11.4. The van der Waals surface area contributed by atoms with Gasteiger partial charge in [-0.3, -0.25) is 5.32 Å². The van der Waals surface area contributed by atoms with E-state index < -0.39 is 18.4 Å². The molecule has 116 valence electrons. The lowest BCUT2D eigenvalue weighted by atomic mass is 10.1. The van der Waals surface area contributed by atoms with E-state index in [-0.39, 0.29) is 18.4 Å². The molecule has 21 heavy (non-hydrogen) atoms. The minimum atomic E-state index is -4.76. The summed E-state index contributed by atoms with van der Waals surface area (Å²) in [6.45, 7) is 1.88. The van der Waals surface area contributed by atoms with E-state index >= 15 is 0 Å². The Balaban J connectivity index is 2.18. The molecule has 1 saturated carbocycles. The first-order valence-corrected chi connectivity index (χ1v) is 6.67. The van der Waals surface area contributed by atoms with Crippen LogP contribution in [0.4, 0.5) is 13.2 Å². The molecule has 0 radical (unpaired) electrons. The first-order valence-electron chi connectivity index (χ1n) is 6.67. The first kappa shape index (κ1) is 15.6. The van der Waals surface area contributed by atoms with Crippen LogP contribution >= 0.6 is 0 Å². The summed E-state index contributed by atoms with van der Waals surface area (Å²) >= 11 is 0. The molecule has 7 heteroatoms. The van der Waals surface area contributed by atoms with Crippen LogP contribution in [0.2, 0.25) is 0 Å². The molecule has 1 unspecified atom stereocenters. The maximum absolute atomic E-state index is 12.2. The standard InChI is InChI=1S/C14H16F3NO3/c1-2-20-13(19)12(18-10-6-7-10)9-4-3-5-11(8-9)21-14(15,16)17/h3-5,8,10,12,18H,2,6-7H2,1H3. The van der Waals surface area contributed by atoms with Crippen LogP contribution in [0.15, 0.2) is 24.3 Å². The number of alkyl halides is 3. The molecule has 1 aliphatic rings. The van der Waals surface area contributed by atoms with Gasteiger partial charge in [-0.15, -0.1) is 13.2 Å². The van der Waals surface area contributed by atoms with E-state index in [9.17, 15) is 18.0 Å². The summed E-state index contributed by atoms with van der Waals surface area (Å²) in [5.41, 5.74) is 0.391. The quantitative estimate of drug-likeness (QED) is 0.821. The number of hydrogen-bond donors (Lipinski definition) is 1. The Morgan fingerprint density at radius 1 is 1.43 bits per heavy atom. The molecule has 0 saturated heterocycles. The van der Waals surface area contributed by atoms with Crippen molar-refractivity contribution >= 4 is 5.97 Å². The van der Waals surface area contributed by atoms with Crippen molar-refractivity contribution in [3.63, 3.8) is 0 Å². The molecule has 1 N–H and O–H groups in total. The first-order chi connectivity index (χ1) is 9.89. The van der Waals surface area contributed by atoms with Gasteiger partial charge in [0.15, 0.2) is 0 Å². The van der Waals surface area contributed by atoms with E-state index in [0.29, 0.717) is 5.56 Å². The van der Waals surface area contributed by atoms with Gasteiger partial charge in [0.05, 0.1) is 6.61 Å². The zero-order chi connectivity index (χ0) is 15.5. The van der Waals surface area contributed by atoms with Gasteiger partial charge < -0.3 is 9.47 Å². The Bertz CT molecular complexity index is 500. The van der Waals surface area contributed by atoms with Gasteiger partial charge >= 0.3 is 12.3 Å². The molecule has 1 atom stereocenters. The fourth-order valence-corrected chi connectivity index (χ4v) is 1.90. The second kappa shape index (κ2) is 6.34. The molecule has 0 aliphatic heterocycles. The zero-order valence-electron chi connectivity index (χ0n) is 11.4. The largest absolute Gasteiger partial charge is 0.573 e. The third kappa shape index (κ3) is 4.93. The van der Waals surface area contributed by atoms with Crippen LogP contribution in [0.1, 0.15) is 31.4 Å². The molecule has 0 amide bonds. The smallest absolute Gasteiger partial charge is 0.465 e. The maximum Gasteiger partial charge on any atom is 0.573 e. The molecule has 4 nitrogen and oxygen atoms in total. The second-order valence-corrected chi connectivity index (χ2v) is 4.75. The van der Waals surface area contributed by atoms with Crippen molar-refractivity contribution in [2.75, 3.05) is 6.61 Å². The summed E-state index contributed by atoms with van der Waals surface area (Å²) in [7, 11) is 0. The highest BCUT2D eigenvalue weighted by molar-refractivity contribution is 5.78. The van der Waals surface area contributed by atoms with Crippen LogP contribution in [-0.2, 0) is 9.53 Å². The molecule has 0 aromatic heterocycles. The molecule has 0 spiro atoms. The van der Waals surface area contributed by atoms with Crippen LogP contribution in [0, 0.1) is 0 Å². The minimum absolute atomic E-state index is 0.201. The predicted molar refractivity (Wildman–Crippen MR) is 68.7 cm³/mol. The summed E-state index contributed by atoms with van der Waals surface area (Å²) in [6.07, 6.45) is -2.88. The van der Waals surface area contributed by atoms with Gasteiger partial charge in [-0.05, 0) is 37.5 Å². The van der Waals surface area contributed by atoms with Crippen molar-refractivity contribution in [1.82, 2.24) is 5.32 Å². The van der Waals surface area contributed by atoms with Gasteiger partial charge in [0.25, 0.3) is 0 Å². The average molecular weight is 303 g/mol. The van der Waals surface area contributed by atoms with Crippen molar-refractivity contribution in [3.05, 3.63) is 29.8 Å². The predicted octanol–water partition coefficient (Wildman–Crippen LogP) is 2.94. The van der Waals surface area contributed by atoms with Crippen molar-refractivity contribution in [2.45, 2.75) is 38.2 Å². The van der Waals surface area contributed by atoms with Gasteiger partial charge in [-0.1, -0.05) is 12.1 Å². The number of carbonyl (C=O) groups is 1. The fraction of sp³-hybridized carbons (Fsp3) is 0.500. The molecule has 0 heterocycles. The third-order valence-corrected chi connectivity index (χ3v) is 2.93. The number of hydrogen-bond acceptors (Lipinski definition) is 4. The molecule has 0 bridgehead atoms. The number of nitrogens with one attached hydrogen (secondary N) is 1. The summed E-state index contributed by atoms with van der Waals surface area (Å²) in [4.78, 5) is 12.0. The summed E-state index contributed by atoms with van der Waals surface area (Å²) < 4.78 is 45.6. The summed E-state index contributed by atoms with van der Waals surface area (Å²) in [6, 6.07) is 4.79.